The fourth-order valence-corrected chi connectivity index (χ4v) is 2.58. The highest BCUT2D eigenvalue weighted by Crippen LogP contribution is 2.19. The first-order valence-corrected chi connectivity index (χ1v) is 8.98. The van der Waals surface area contributed by atoms with Gasteiger partial charge in [0.1, 0.15) is 0 Å². The lowest BCUT2D eigenvalue weighted by molar-refractivity contribution is 1.08. The first kappa shape index (κ1) is 18.3. The van der Waals surface area contributed by atoms with Gasteiger partial charge in [-0.1, -0.05) is 84.9 Å². The summed E-state index contributed by atoms with van der Waals surface area (Å²) in [5, 5.41) is 0. The van der Waals surface area contributed by atoms with Crippen molar-refractivity contribution < 1.29 is 0 Å². The molecule has 0 aliphatic heterocycles. The van der Waals surface area contributed by atoms with Crippen molar-refractivity contribution >= 4 is 29.4 Å². The van der Waals surface area contributed by atoms with Crippen molar-refractivity contribution in [2.75, 3.05) is 0 Å². The van der Waals surface area contributed by atoms with Gasteiger partial charge in [-0.15, -0.1) is 0 Å². The highest BCUT2D eigenvalue weighted by molar-refractivity contribution is 5.89. The van der Waals surface area contributed by atoms with Crippen LogP contribution in [0, 0.1) is 0 Å². The van der Waals surface area contributed by atoms with Crippen LogP contribution in [0.15, 0.2) is 101 Å². The minimum atomic E-state index is 0.588. The molecule has 0 atom stereocenters. The van der Waals surface area contributed by atoms with Crippen molar-refractivity contribution in [1.29, 1.82) is 0 Å². The van der Waals surface area contributed by atoms with Crippen LogP contribution in [0.2, 0.25) is 0 Å². The number of aliphatic imine (C=N–C) groups is 2. The van der Waals surface area contributed by atoms with Gasteiger partial charge >= 0.3 is 0 Å². The molecule has 0 saturated carbocycles. The Labute approximate surface area is 161 Å². The standard InChI is InChI=1S/C25H22N2/c1-21(23-14-6-3-7-15-23)19-27-25-17-9-8-16-24(25)20-26-18-10-13-22-11-4-2-5-12-22/h2-18H,20H2,1H3/b13-10+,26-18?. The topological polar surface area (TPSA) is 24.7 Å². The molecule has 0 saturated heterocycles. The molecule has 0 amide bonds. The third kappa shape index (κ3) is 5.78. The summed E-state index contributed by atoms with van der Waals surface area (Å²) in [6.45, 7) is 2.61. The number of nitrogens with zero attached hydrogens (tertiary/aromatic N) is 2. The summed E-state index contributed by atoms with van der Waals surface area (Å²) >= 11 is 0. The SMILES string of the molecule is CC(=C=Nc1ccccc1CN=C/C=C/c1ccccc1)c1ccccc1. The molecular weight excluding hydrogens is 328 g/mol. The Kier molecular flexibility index (Phi) is 6.69. The number of hydrogen-bond donors (Lipinski definition) is 0. The van der Waals surface area contributed by atoms with Crippen LogP contribution in [0.25, 0.3) is 11.6 Å². The van der Waals surface area contributed by atoms with E-state index in [-0.39, 0.29) is 0 Å². The Hall–Kier alpha value is -3.48. The zero-order chi connectivity index (χ0) is 18.7. The van der Waals surface area contributed by atoms with E-state index in [1.54, 1.807) is 0 Å². The fraction of sp³-hybridized carbons (Fsp3) is 0.0800. The summed E-state index contributed by atoms with van der Waals surface area (Å²) in [5.41, 5.74) is 5.28. The Balaban J connectivity index is 1.70. The maximum atomic E-state index is 4.55. The summed E-state index contributed by atoms with van der Waals surface area (Å²) in [6.07, 6.45) is 5.83. The lowest BCUT2D eigenvalue weighted by Gasteiger charge is -2.01. The summed E-state index contributed by atoms with van der Waals surface area (Å²) in [4.78, 5) is 9.05. The average Bonchev–Trinajstić information content (AvgIpc) is 2.74. The fourth-order valence-electron chi connectivity index (χ4n) is 2.58. The summed E-state index contributed by atoms with van der Waals surface area (Å²) in [7, 11) is 0. The van der Waals surface area contributed by atoms with E-state index in [1.807, 2.05) is 79.9 Å². The molecule has 3 aromatic carbocycles. The van der Waals surface area contributed by atoms with Crippen LogP contribution in [0.5, 0.6) is 0 Å². The summed E-state index contributed by atoms with van der Waals surface area (Å²) < 4.78 is 0. The molecule has 132 valence electrons. The van der Waals surface area contributed by atoms with Gasteiger partial charge in [-0.25, -0.2) is 4.99 Å². The van der Waals surface area contributed by atoms with Gasteiger partial charge in [0.15, 0.2) is 0 Å². The first-order chi connectivity index (χ1) is 13.3. The maximum Gasteiger partial charge on any atom is 0.0780 e. The minimum absolute atomic E-state index is 0.588. The third-order valence-electron chi connectivity index (χ3n) is 4.08. The van der Waals surface area contributed by atoms with Crippen molar-refractivity contribution in [1.82, 2.24) is 0 Å². The molecule has 0 aliphatic carbocycles. The molecule has 0 radical (unpaired) electrons. The summed E-state index contributed by atoms with van der Waals surface area (Å²) in [5.74, 6) is 3.15. The molecule has 3 rings (SSSR count). The molecule has 0 unspecified atom stereocenters. The van der Waals surface area contributed by atoms with E-state index in [2.05, 4.69) is 46.2 Å². The van der Waals surface area contributed by atoms with Gasteiger partial charge in [0.25, 0.3) is 0 Å². The molecule has 0 aliphatic rings. The van der Waals surface area contributed by atoms with E-state index in [4.69, 9.17) is 0 Å². The van der Waals surface area contributed by atoms with Crippen LogP contribution in [-0.2, 0) is 6.54 Å². The lowest BCUT2D eigenvalue weighted by Crippen LogP contribution is -1.83. The normalized spacial score (nSPS) is 10.9. The maximum absolute atomic E-state index is 4.55. The van der Waals surface area contributed by atoms with Crippen molar-refractivity contribution in [2.45, 2.75) is 13.5 Å². The van der Waals surface area contributed by atoms with Gasteiger partial charge < -0.3 is 0 Å². The second-order valence-electron chi connectivity index (χ2n) is 6.10. The molecule has 0 fully saturated rings. The van der Waals surface area contributed by atoms with Crippen LogP contribution >= 0.6 is 0 Å². The predicted octanol–water partition coefficient (Wildman–Crippen LogP) is 6.38. The second kappa shape index (κ2) is 9.86. The molecule has 0 bridgehead atoms. The van der Waals surface area contributed by atoms with E-state index in [9.17, 15) is 0 Å². The number of benzene rings is 3. The molecular formula is C25H22N2. The van der Waals surface area contributed by atoms with E-state index in [1.165, 1.54) is 0 Å². The van der Waals surface area contributed by atoms with Gasteiger partial charge in [0, 0.05) is 11.8 Å². The Morgan fingerprint density at radius 2 is 1.52 bits per heavy atom. The number of allylic oxidation sites excluding steroid dienone is 2. The smallest absolute Gasteiger partial charge is 0.0780 e. The third-order valence-corrected chi connectivity index (χ3v) is 4.08. The lowest BCUT2D eigenvalue weighted by atomic mass is 10.1. The number of hydrogen-bond acceptors (Lipinski definition) is 2. The van der Waals surface area contributed by atoms with Gasteiger partial charge in [-0.05, 0) is 41.6 Å². The quantitative estimate of drug-likeness (QED) is 0.461. The van der Waals surface area contributed by atoms with Crippen molar-refractivity contribution in [2.24, 2.45) is 9.98 Å². The highest BCUT2D eigenvalue weighted by Gasteiger charge is 1.98. The van der Waals surface area contributed by atoms with Gasteiger partial charge in [-0.2, -0.15) is 0 Å². The van der Waals surface area contributed by atoms with Gasteiger partial charge in [0.2, 0.25) is 0 Å². The Morgan fingerprint density at radius 1 is 0.852 bits per heavy atom. The van der Waals surface area contributed by atoms with E-state index >= 15 is 0 Å². The van der Waals surface area contributed by atoms with Crippen molar-refractivity contribution in [3.05, 3.63) is 108 Å². The van der Waals surface area contributed by atoms with Crippen LogP contribution in [0.4, 0.5) is 5.69 Å². The van der Waals surface area contributed by atoms with Gasteiger partial charge in [0.05, 0.1) is 12.2 Å². The van der Waals surface area contributed by atoms with Crippen molar-refractivity contribution in [3.63, 3.8) is 0 Å². The van der Waals surface area contributed by atoms with Gasteiger partial charge in [-0.3, -0.25) is 4.99 Å². The number of para-hydroxylation sites is 1. The van der Waals surface area contributed by atoms with Crippen LogP contribution < -0.4 is 0 Å². The largest absolute Gasteiger partial charge is 0.288 e. The molecule has 0 spiro atoms. The highest BCUT2D eigenvalue weighted by atomic mass is 14.7. The second-order valence-corrected chi connectivity index (χ2v) is 6.10. The number of rotatable bonds is 6. The zero-order valence-electron chi connectivity index (χ0n) is 15.4. The average molecular weight is 350 g/mol. The summed E-state index contributed by atoms with van der Waals surface area (Å²) in [6, 6.07) is 28.4. The van der Waals surface area contributed by atoms with E-state index in [0.29, 0.717) is 6.54 Å². The predicted molar refractivity (Wildman–Crippen MR) is 117 cm³/mol. The van der Waals surface area contributed by atoms with Crippen molar-refractivity contribution in [3.8, 4) is 0 Å². The van der Waals surface area contributed by atoms with Crippen LogP contribution in [0.3, 0.4) is 0 Å². The zero-order valence-corrected chi connectivity index (χ0v) is 15.4. The molecule has 0 heterocycles. The first-order valence-electron chi connectivity index (χ1n) is 8.98. The molecule has 3 aromatic rings. The molecule has 27 heavy (non-hydrogen) atoms. The van der Waals surface area contributed by atoms with E-state index < -0.39 is 0 Å². The minimum Gasteiger partial charge on any atom is -0.288 e. The Morgan fingerprint density at radius 3 is 2.30 bits per heavy atom. The Bertz CT molecular complexity index is 977. The van der Waals surface area contributed by atoms with Crippen LogP contribution in [-0.4, -0.2) is 12.1 Å². The monoisotopic (exact) mass is 350 g/mol. The van der Waals surface area contributed by atoms with E-state index in [0.717, 1.165) is 28.0 Å². The molecule has 0 N–H and O–H groups in total. The molecule has 0 aromatic heterocycles. The molecule has 2 nitrogen and oxygen atoms in total. The van der Waals surface area contributed by atoms with Crippen LogP contribution in [0.1, 0.15) is 23.6 Å². The molecule has 2 heteroatoms.